The second kappa shape index (κ2) is 5.01. The number of hydrogen-bond donors (Lipinski definition) is 1. The van der Waals surface area contributed by atoms with Crippen LogP contribution < -0.4 is 0 Å². The van der Waals surface area contributed by atoms with Crippen LogP contribution in [0.1, 0.15) is 51.9 Å². The van der Waals surface area contributed by atoms with E-state index in [1.54, 1.807) is 0 Å². The number of hydrogen-bond acceptors (Lipinski definition) is 1. The summed E-state index contributed by atoms with van der Waals surface area (Å²) in [6.07, 6.45) is 7.81. The van der Waals surface area contributed by atoms with Crippen LogP contribution in [0.3, 0.4) is 0 Å². The molecule has 0 bridgehead atoms. The zero-order valence-electron chi connectivity index (χ0n) is 8.76. The highest BCUT2D eigenvalue weighted by molar-refractivity contribution is 6.36. The Balaban J connectivity index is 2.03. The average Bonchev–Trinajstić information content (AvgIpc) is 2.79. The number of unbranched alkanes of at least 4 members (excludes halogenated alkanes) is 4. The molecule has 14 heavy (non-hydrogen) atoms. The van der Waals surface area contributed by atoms with Gasteiger partial charge in [-0.1, -0.05) is 39.0 Å². The second-order valence-corrected chi connectivity index (χ2v) is 4.95. The first-order valence-corrected chi connectivity index (χ1v) is 5.91. The van der Waals surface area contributed by atoms with Crippen molar-refractivity contribution in [3.63, 3.8) is 0 Å². The molecule has 0 radical (unpaired) electrons. The molecule has 1 saturated carbocycles. The van der Waals surface area contributed by atoms with Gasteiger partial charge in [-0.25, -0.2) is 0 Å². The van der Waals surface area contributed by atoms with E-state index in [1.165, 1.54) is 25.7 Å². The highest BCUT2D eigenvalue weighted by Gasteiger charge is 2.58. The molecule has 0 amide bonds. The Morgan fingerprint density at radius 3 is 2.57 bits per heavy atom. The summed E-state index contributed by atoms with van der Waals surface area (Å²) < 4.78 is 0. The Morgan fingerprint density at radius 1 is 1.43 bits per heavy atom. The summed E-state index contributed by atoms with van der Waals surface area (Å²) in [6, 6.07) is 0. The third-order valence-corrected chi connectivity index (χ3v) is 3.67. The first-order chi connectivity index (χ1) is 6.61. The lowest BCUT2D eigenvalue weighted by Gasteiger charge is -2.02. The fourth-order valence-electron chi connectivity index (χ4n) is 1.89. The molecule has 1 aliphatic carbocycles. The molecule has 0 heterocycles. The summed E-state index contributed by atoms with van der Waals surface area (Å²) in [6.45, 7) is 2.19. The van der Waals surface area contributed by atoms with Crippen LogP contribution in [-0.4, -0.2) is 16.0 Å². The van der Waals surface area contributed by atoms with Crippen LogP contribution in [0.15, 0.2) is 0 Å². The third-order valence-electron chi connectivity index (χ3n) is 3.04. The third kappa shape index (κ3) is 2.88. The number of alkyl halides is 1. The van der Waals surface area contributed by atoms with E-state index < -0.39 is 10.8 Å². The standard InChI is InChI=1S/C11H19ClO2/c1-2-3-4-5-6-7-9-8-11(9,12)10(13)14/h9H,2-8H2,1H3,(H,13,14). The fourth-order valence-corrected chi connectivity index (χ4v) is 2.18. The highest BCUT2D eigenvalue weighted by Crippen LogP contribution is 2.52. The van der Waals surface area contributed by atoms with E-state index in [4.69, 9.17) is 16.7 Å². The minimum Gasteiger partial charge on any atom is -0.480 e. The van der Waals surface area contributed by atoms with E-state index >= 15 is 0 Å². The normalized spacial score (nSPS) is 30.3. The molecule has 1 fully saturated rings. The minimum absolute atomic E-state index is 0.225. The maximum atomic E-state index is 10.7. The molecular weight excluding hydrogens is 200 g/mol. The first-order valence-electron chi connectivity index (χ1n) is 5.53. The van der Waals surface area contributed by atoms with Crippen LogP contribution in [0.2, 0.25) is 0 Å². The van der Waals surface area contributed by atoms with Crippen LogP contribution in [0.25, 0.3) is 0 Å². The molecule has 82 valence electrons. The van der Waals surface area contributed by atoms with Gasteiger partial charge in [0.15, 0.2) is 0 Å². The van der Waals surface area contributed by atoms with Gasteiger partial charge in [-0.15, -0.1) is 11.6 Å². The average molecular weight is 219 g/mol. The van der Waals surface area contributed by atoms with Crippen molar-refractivity contribution in [1.82, 2.24) is 0 Å². The lowest BCUT2D eigenvalue weighted by molar-refractivity contribution is -0.137. The number of rotatable bonds is 7. The van der Waals surface area contributed by atoms with Crippen molar-refractivity contribution in [3.8, 4) is 0 Å². The van der Waals surface area contributed by atoms with Crippen LogP contribution >= 0.6 is 11.6 Å². The van der Waals surface area contributed by atoms with Crippen molar-refractivity contribution < 1.29 is 9.90 Å². The predicted molar refractivity (Wildman–Crippen MR) is 57.7 cm³/mol. The monoisotopic (exact) mass is 218 g/mol. The van der Waals surface area contributed by atoms with Crippen LogP contribution in [-0.2, 0) is 4.79 Å². The summed E-state index contributed by atoms with van der Waals surface area (Å²) >= 11 is 5.89. The molecular formula is C11H19ClO2. The van der Waals surface area contributed by atoms with Gasteiger partial charge in [0.2, 0.25) is 0 Å². The minimum atomic E-state index is -0.898. The van der Waals surface area contributed by atoms with Crippen molar-refractivity contribution in [3.05, 3.63) is 0 Å². The van der Waals surface area contributed by atoms with Gasteiger partial charge in [0.1, 0.15) is 4.87 Å². The van der Waals surface area contributed by atoms with Crippen molar-refractivity contribution in [2.24, 2.45) is 5.92 Å². The largest absolute Gasteiger partial charge is 0.480 e. The molecule has 2 nitrogen and oxygen atoms in total. The molecule has 1 aliphatic rings. The maximum Gasteiger partial charge on any atom is 0.325 e. The Labute approximate surface area is 90.6 Å². The summed E-state index contributed by atoms with van der Waals surface area (Å²) in [5.74, 6) is -0.610. The summed E-state index contributed by atoms with van der Waals surface area (Å²) in [7, 11) is 0. The number of carbonyl (C=O) groups is 1. The molecule has 3 heteroatoms. The first kappa shape index (κ1) is 11.8. The van der Waals surface area contributed by atoms with Gasteiger partial charge in [0.05, 0.1) is 0 Å². The van der Waals surface area contributed by atoms with Gasteiger partial charge in [-0.3, -0.25) is 4.79 Å². The molecule has 0 aromatic rings. The molecule has 1 rings (SSSR count). The van der Waals surface area contributed by atoms with Gasteiger partial charge >= 0.3 is 5.97 Å². The lowest BCUT2D eigenvalue weighted by Crippen LogP contribution is -2.17. The Morgan fingerprint density at radius 2 is 2.07 bits per heavy atom. The lowest BCUT2D eigenvalue weighted by atomic mass is 10.1. The number of carboxylic acids is 1. The van der Waals surface area contributed by atoms with Gasteiger partial charge in [-0.2, -0.15) is 0 Å². The number of halogens is 1. The van der Waals surface area contributed by atoms with Crippen LogP contribution in [0.5, 0.6) is 0 Å². The molecule has 2 unspecified atom stereocenters. The number of carboxylic acid groups (broad SMARTS) is 1. The van der Waals surface area contributed by atoms with E-state index in [9.17, 15) is 4.79 Å². The maximum absolute atomic E-state index is 10.7. The summed E-state index contributed by atoms with van der Waals surface area (Å²) in [4.78, 5) is 9.80. The van der Waals surface area contributed by atoms with Gasteiger partial charge < -0.3 is 5.11 Å². The highest BCUT2D eigenvalue weighted by atomic mass is 35.5. The van der Waals surface area contributed by atoms with E-state index in [0.29, 0.717) is 6.42 Å². The van der Waals surface area contributed by atoms with Crippen molar-refractivity contribution >= 4 is 17.6 Å². The van der Waals surface area contributed by atoms with E-state index in [-0.39, 0.29) is 5.92 Å². The van der Waals surface area contributed by atoms with Crippen LogP contribution in [0, 0.1) is 5.92 Å². The summed E-state index contributed by atoms with van der Waals surface area (Å²) in [5.41, 5.74) is 0. The zero-order chi connectivity index (χ0) is 10.6. The fraction of sp³-hybridized carbons (Fsp3) is 0.909. The number of aliphatic carboxylic acids is 1. The van der Waals surface area contributed by atoms with Crippen LogP contribution in [0.4, 0.5) is 0 Å². The molecule has 2 atom stereocenters. The smallest absolute Gasteiger partial charge is 0.325 e. The van der Waals surface area contributed by atoms with Crippen molar-refractivity contribution in [1.29, 1.82) is 0 Å². The molecule has 0 aliphatic heterocycles. The van der Waals surface area contributed by atoms with E-state index in [2.05, 4.69) is 6.92 Å². The molecule has 0 aromatic heterocycles. The Hall–Kier alpha value is -0.240. The van der Waals surface area contributed by atoms with Gasteiger partial charge in [-0.05, 0) is 18.8 Å². The predicted octanol–water partition coefficient (Wildman–Crippen LogP) is 3.43. The SMILES string of the molecule is CCCCCCCC1CC1(Cl)C(=O)O. The van der Waals surface area contributed by atoms with E-state index in [1.807, 2.05) is 0 Å². The van der Waals surface area contributed by atoms with Gasteiger partial charge in [0, 0.05) is 0 Å². The van der Waals surface area contributed by atoms with E-state index in [0.717, 1.165) is 12.8 Å². The topological polar surface area (TPSA) is 37.3 Å². The molecule has 0 saturated heterocycles. The van der Waals surface area contributed by atoms with Crippen molar-refractivity contribution in [2.75, 3.05) is 0 Å². The summed E-state index contributed by atoms with van der Waals surface area (Å²) in [5, 5.41) is 8.79. The second-order valence-electron chi connectivity index (χ2n) is 4.27. The quantitative estimate of drug-likeness (QED) is 0.525. The molecule has 0 spiro atoms. The Bertz CT molecular complexity index is 205. The molecule has 0 aromatic carbocycles. The van der Waals surface area contributed by atoms with Gasteiger partial charge in [0.25, 0.3) is 0 Å². The molecule has 1 N–H and O–H groups in total. The Kier molecular flexibility index (Phi) is 4.24. The van der Waals surface area contributed by atoms with Crippen molar-refractivity contribution in [2.45, 2.75) is 56.7 Å². The zero-order valence-corrected chi connectivity index (χ0v) is 9.52.